The van der Waals surface area contributed by atoms with Crippen molar-refractivity contribution in [3.8, 4) is 67.8 Å². The zero-order valence-electron chi connectivity index (χ0n) is 23.7. The smallest absolute Gasteiger partial charge is 0.182 e. The molecule has 0 aliphatic carbocycles. The van der Waals surface area contributed by atoms with Gasteiger partial charge in [0.25, 0.3) is 0 Å². The molecule has 0 atom stereocenters. The first kappa shape index (κ1) is 30.8. The van der Waals surface area contributed by atoms with Crippen LogP contribution in [-0.2, 0) is 0 Å². The molecule has 0 radical (unpaired) electrons. The van der Waals surface area contributed by atoms with Crippen LogP contribution in [0.4, 0.5) is 17.6 Å². The van der Waals surface area contributed by atoms with Gasteiger partial charge in [0, 0.05) is 33.4 Å². The number of halogens is 4. The predicted octanol–water partition coefficient (Wildman–Crippen LogP) is 9.25. The minimum atomic E-state index is -0.394. The maximum atomic E-state index is 13.7. The molecule has 0 amide bonds. The van der Waals surface area contributed by atoms with Gasteiger partial charge in [0.15, 0.2) is 11.6 Å². The summed E-state index contributed by atoms with van der Waals surface area (Å²) in [5.74, 6) is -0.939. The molecule has 0 spiro atoms. The highest BCUT2D eigenvalue weighted by atomic mass is 19.1. The van der Waals surface area contributed by atoms with Gasteiger partial charge in [-0.2, -0.15) is 0 Å². The molecular formula is C37H24F4N6. The first-order valence-electron chi connectivity index (χ1n) is 14.1. The van der Waals surface area contributed by atoms with E-state index >= 15 is 0 Å². The van der Waals surface area contributed by atoms with E-state index in [2.05, 4.69) is 20.4 Å². The average Bonchev–Trinajstić information content (AvgIpc) is 3.09. The quantitative estimate of drug-likeness (QED) is 0.171. The second-order valence-electron chi connectivity index (χ2n) is 10.3. The van der Waals surface area contributed by atoms with Gasteiger partial charge in [0.2, 0.25) is 0 Å². The first-order chi connectivity index (χ1) is 22.4. The van der Waals surface area contributed by atoms with Crippen LogP contribution in [0.1, 0.15) is 7.43 Å². The first-order valence-corrected chi connectivity index (χ1v) is 14.1. The summed E-state index contributed by atoms with van der Waals surface area (Å²) in [6, 6.07) is 30.5. The summed E-state index contributed by atoms with van der Waals surface area (Å²) in [6.07, 6.45) is 0. The summed E-state index contributed by atoms with van der Waals surface area (Å²) >= 11 is 0. The number of hydrogen-bond donors (Lipinski definition) is 0. The van der Waals surface area contributed by atoms with Crippen LogP contribution in [0.5, 0.6) is 0 Å². The number of aromatic nitrogens is 6. The van der Waals surface area contributed by atoms with Gasteiger partial charge < -0.3 is 0 Å². The number of hydrogen-bond acceptors (Lipinski definition) is 6. The summed E-state index contributed by atoms with van der Waals surface area (Å²) in [5, 5.41) is 17.5. The zero-order valence-corrected chi connectivity index (χ0v) is 23.7. The van der Waals surface area contributed by atoms with Gasteiger partial charge in [-0.05, 0) is 97.1 Å². The number of rotatable bonds is 6. The van der Waals surface area contributed by atoms with Crippen molar-refractivity contribution in [2.24, 2.45) is 0 Å². The summed E-state index contributed by atoms with van der Waals surface area (Å²) in [4.78, 5) is 9.53. The monoisotopic (exact) mass is 628 g/mol. The Morgan fingerprint density at radius 1 is 0.277 bits per heavy atom. The minimum Gasteiger partial charge on any atom is -0.224 e. The van der Waals surface area contributed by atoms with E-state index < -0.39 is 23.3 Å². The van der Waals surface area contributed by atoms with Crippen molar-refractivity contribution >= 4 is 0 Å². The van der Waals surface area contributed by atoms with Crippen LogP contribution in [0, 0.1) is 23.3 Å². The van der Waals surface area contributed by atoms with Crippen LogP contribution >= 0.6 is 0 Å². The van der Waals surface area contributed by atoms with Gasteiger partial charge in [-0.15, -0.1) is 20.4 Å². The summed E-state index contributed by atoms with van der Waals surface area (Å²) in [5.41, 5.74) is 5.45. The van der Waals surface area contributed by atoms with E-state index in [9.17, 15) is 17.6 Å². The molecular weight excluding hydrogens is 604 g/mol. The Morgan fingerprint density at radius 2 is 0.511 bits per heavy atom. The van der Waals surface area contributed by atoms with E-state index in [1.54, 1.807) is 72.8 Å². The van der Waals surface area contributed by atoms with Crippen LogP contribution in [0.3, 0.4) is 0 Å². The van der Waals surface area contributed by atoms with Crippen molar-refractivity contribution in [1.82, 2.24) is 30.4 Å². The Morgan fingerprint density at radius 3 is 0.787 bits per heavy atom. The maximum absolute atomic E-state index is 13.7. The Hall–Kier alpha value is -6.16. The molecule has 230 valence electrons. The van der Waals surface area contributed by atoms with E-state index in [4.69, 9.17) is 9.97 Å². The molecule has 47 heavy (non-hydrogen) atoms. The Kier molecular flexibility index (Phi) is 8.57. The lowest BCUT2D eigenvalue weighted by Crippen LogP contribution is -2.01. The topological polar surface area (TPSA) is 77.3 Å². The second kappa shape index (κ2) is 13.1. The summed E-state index contributed by atoms with van der Waals surface area (Å²) in [7, 11) is 0. The fourth-order valence-corrected chi connectivity index (χ4v) is 4.89. The largest absolute Gasteiger partial charge is 0.224 e. The molecule has 0 fully saturated rings. The normalized spacial score (nSPS) is 10.8. The highest BCUT2D eigenvalue weighted by Crippen LogP contribution is 2.33. The lowest BCUT2D eigenvalue weighted by molar-refractivity contribution is 0.627. The third kappa shape index (κ3) is 6.48. The van der Waals surface area contributed by atoms with Gasteiger partial charge >= 0.3 is 0 Å². The third-order valence-corrected chi connectivity index (χ3v) is 7.25. The lowest BCUT2D eigenvalue weighted by Gasteiger charge is -2.11. The van der Waals surface area contributed by atoms with Crippen molar-refractivity contribution in [2.75, 3.05) is 0 Å². The Bertz CT molecular complexity index is 2000. The molecule has 7 rings (SSSR count). The molecule has 7 aromatic rings. The van der Waals surface area contributed by atoms with Crippen molar-refractivity contribution in [3.63, 3.8) is 0 Å². The highest BCUT2D eigenvalue weighted by molar-refractivity contribution is 5.80. The van der Waals surface area contributed by atoms with E-state index in [1.165, 1.54) is 48.5 Å². The van der Waals surface area contributed by atoms with E-state index in [0.717, 1.165) is 0 Å². The third-order valence-electron chi connectivity index (χ3n) is 7.25. The summed E-state index contributed by atoms with van der Waals surface area (Å²) in [6.45, 7) is 0. The lowest BCUT2D eigenvalue weighted by atomic mass is 10.0. The highest BCUT2D eigenvalue weighted by Gasteiger charge is 2.17. The fourth-order valence-electron chi connectivity index (χ4n) is 4.89. The van der Waals surface area contributed by atoms with Gasteiger partial charge in [-0.25, -0.2) is 27.5 Å². The van der Waals surface area contributed by atoms with Crippen LogP contribution < -0.4 is 0 Å². The zero-order chi connectivity index (χ0) is 31.6. The van der Waals surface area contributed by atoms with Crippen LogP contribution in [0.2, 0.25) is 0 Å². The van der Waals surface area contributed by atoms with Gasteiger partial charge in [0.1, 0.15) is 46.0 Å². The second-order valence-corrected chi connectivity index (χ2v) is 10.3. The van der Waals surface area contributed by atoms with Crippen molar-refractivity contribution in [1.29, 1.82) is 0 Å². The van der Waals surface area contributed by atoms with Crippen LogP contribution in [-0.4, -0.2) is 30.4 Å². The molecule has 6 nitrogen and oxygen atoms in total. The standard InChI is InChI=1S/C36H20F4N6.CH4/c37-27-13-5-21(6-14-27)31-33(23-9-17-29(39)18-10-23)43-45-35(41-31)25-1-2-26(4-3-25)36-42-32(22-7-15-28(38)16-8-22)34(44-46-36)24-11-19-30(40)20-12-24;/h1-20H;1H4. The molecule has 10 heteroatoms. The fraction of sp³-hybridized carbons (Fsp3) is 0.0270. The van der Waals surface area contributed by atoms with Crippen molar-refractivity contribution in [3.05, 3.63) is 145 Å². The molecule has 0 aliphatic heterocycles. The van der Waals surface area contributed by atoms with E-state index in [0.29, 0.717) is 67.8 Å². The minimum absolute atomic E-state index is 0. The van der Waals surface area contributed by atoms with Gasteiger partial charge in [-0.1, -0.05) is 31.7 Å². The van der Waals surface area contributed by atoms with Crippen molar-refractivity contribution < 1.29 is 17.6 Å². The number of benzene rings is 5. The molecule has 0 saturated carbocycles. The Balaban J connectivity index is 0.00000386. The van der Waals surface area contributed by atoms with Crippen molar-refractivity contribution in [2.45, 2.75) is 7.43 Å². The average molecular weight is 629 g/mol. The molecule has 0 N–H and O–H groups in total. The molecule has 0 aliphatic rings. The molecule has 0 saturated heterocycles. The molecule has 5 aromatic carbocycles. The predicted molar refractivity (Wildman–Crippen MR) is 172 cm³/mol. The molecule has 0 bridgehead atoms. The molecule has 2 aromatic heterocycles. The maximum Gasteiger partial charge on any atom is 0.182 e. The van der Waals surface area contributed by atoms with Crippen LogP contribution in [0.15, 0.2) is 121 Å². The van der Waals surface area contributed by atoms with Gasteiger partial charge in [0.05, 0.1) is 0 Å². The SMILES string of the molecule is C.Fc1ccc(-c2nnc(-c3ccc(-c4nnc(-c5ccc(F)cc5)c(-c5ccc(F)cc5)n4)cc3)nc2-c2ccc(F)cc2)cc1. The van der Waals surface area contributed by atoms with E-state index in [-0.39, 0.29) is 7.43 Å². The van der Waals surface area contributed by atoms with E-state index in [1.807, 2.05) is 0 Å². The molecule has 2 heterocycles. The van der Waals surface area contributed by atoms with Gasteiger partial charge in [-0.3, -0.25) is 0 Å². The summed E-state index contributed by atoms with van der Waals surface area (Å²) < 4.78 is 54.7. The Labute approximate surface area is 267 Å². The molecule has 0 unspecified atom stereocenters. The van der Waals surface area contributed by atoms with Crippen LogP contribution in [0.25, 0.3) is 67.8 Å². The number of nitrogens with zero attached hydrogens (tertiary/aromatic N) is 6.